The minimum absolute atomic E-state index is 0.0845. The van der Waals surface area contributed by atoms with Gasteiger partial charge in [0.15, 0.2) is 0 Å². The van der Waals surface area contributed by atoms with E-state index in [1.807, 2.05) is 51.1 Å². The minimum atomic E-state index is -0.256. The molecule has 3 rings (SSSR count). The molecule has 0 spiro atoms. The van der Waals surface area contributed by atoms with E-state index in [9.17, 15) is 9.18 Å². The smallest absolute Gasteiger partial charge is 0.268 e. The first-order valence-electron chi connectivity index (χ1n) is 9.71. The number of rotatable bonds is 6. The Kier molecular flexibility index (Phi) is 5.98. The van der Waals surface area contributed by atoms with Gasteiger partial charge in [0.1, 0.15) is 11.5 Å². The molecule has 28 heavy (non-hydrogen) atoms. The van der Waals surface area contributed by atoms with Crippen LogP contribution < -0.4 is 5.32 Å². The summed E-state index contributed by atoms with van der Waals surface area (Å²) in [5, 5.41) is 3.13. The van der Waals surface area contributed by atoms with Gasteiger partial charge in [-0.05, 0) is 61.6 Å². The number of aromatic nitrogens is 1. The van der Waals surface area contributed by atoms with Crippen molar-refractivity contribution in [1.29, 1.82) is 0 Å². The van der Waals surface area contributed by atoms with Gasteiger partial charge in [-0.2, -0.15) is 0 Å². The second-order valence-electron chi connectivity index (χ2n) is 7.21. The minimum Gasteiger partial charge on any atom is -0.344 e. The van der Waals surface area contributed by atoms with Crippen LogP contribution in [0.1, 0.15) is 58.3 Å². The molecule has 0 aliphatic heterocycles. The molecule has 0 aliphatic carbocycles. The predicted octanol–water partition coefficient (Wildman–Crippen LogP) is 5.35. The Labute approximate surface area is 166 Å². The lowest BCUT2D eigenvalue weighted by molar-refractivity contribution is 0.0930. The van der Waals surface area contributed by atoms with Crippen molar-refractivity contribution < 1.29 is 9.18 Å². The largest absolute Gasteiger partial charge is 0.344 e. The lowest BCUT2D eigenvalue weighted by Crippen LogP contribution is -2.29. The van der Waals surface area contributed by atoms with Gasteiger partial charge in [0.25, 0.3) is 5.91 Å². The van der Waals surface area contributed by atoms with Gasteiger partial charge in [-0.25, -0.2) is 4.39 Å². The molecule has 0 saturated carbocycles. The van der Waals surface area contributed by atoms with E-state index >= 15 is 0 Å². The van der Waals surface area contributed by atoms with Gasteiger partial charge < -0.3 is 9.88 Å². The van der Waals surface area contributed by atoms with E-state index in [4.69, 9.17) is 0 Å². The summed E-state index contributed by atoms with van der Waals surface area (Å²) in [4.78, 5) is 13.2. The van der Waals surface area contributed by atoms with Crippen molar-refractivity contribution in [1.82, 2.24) is 9.88 Å². The van der Waals surface area contributed by atoms with E-state index < -0.39 is 0 Å². The number of nitrogens with zero attached hydrogens (tertiary/aromatic N) is 1. The highest BCUT2D eigenvalue weighted by molar-refractivity contribution is 5.95. The van der Waals surface area contributed by atoms with Crippen molar-refractivity contribution in [2.45, 2.75) is 46.7 Å². The summed E-state index contributed by atoms with van der Waals surface area (Å²) < 4.78 is 15.3. The highest BCUT2D eigenvalue weighted by Gasteiger charge is 2.23. The third-order valence-corrected chi connectivity index (χ3v) is 5.39. The van der Waals surface area contributed by atoms with Crippen LogP contribution in [0.15, 0.2) is 54.6 Å². The molecular weight excluding hydrogens is 351 g/mol. The molecule has 0 unspecified atom stereocenters. The van der Waals surface area contributed by atoms with Crippen molar-refractivity contribution in [3.05, 3.63) is 94.1 Å². The van der Waals surface area contributed by atoms with Gasteiger partial charge >= 0.3 is 0 Å². The molecule has 2 aromatic carbocycles. The van der Waals surface area contributed by atoms with Crippen LogP contribution in [-0.4, -0.2) is 10.5 Å². The summed E-state index contributed by atoms with van der Waals surface area (Å²) in [5.41, 5.74) is 6.01. The van der Waals surface area contributed by atoms with Crippen molar-refractivity contribution in [3.8, 4) is 0 Å². The maximum absolute atomic E-state index is 13.3. The van der Waals surface area contributed by atoms with Gasteiger partial charge in [-0.15, -0.1) is 0 Å². The van der Waals surface area contributed by atoms with Gasteiger partial charge in [0, 0.05) is 12.2 Å². The predicted molar refractivity (Wildman–Crippen MR) is 111 cm³/mol. The SMILES string of the molecule is CCc1c(C)c(C(=O)N[C@@H](C)c2ccccc2)n(Cc2ccc(F)cc2)c1C. The van der Waals surface area contributed by atoms with E-state index in [-0.39, 0.29) is 17.8 Å². The molecule has 146 valence electrons. The fourth-order valence-electron chi connectivity index (χ4n) is 3.82. The van der Waals surface area contributed by atoms with Crippen LogP contribution in [0.2, 0.25) is 0 Å². The quantitative estimate of drug-likeness (QED) is 0.617. The molecule has 3 aromatic rings. The second kappa shape index (κ2) is 8.42. The van der Waals surface area contributed by atoms with E-state index in [1.165, 1.54) is 17.7 Å². The Balaban J connectivity index is 1.94. The van der Waals surface area contributed by atoms with Crippen LogP contribution in [0.5, 0.6) is 0 Å². The maximum atomic E-state index is 13.3. The molecule has 1 N–H and O–H groups in total. The molecule has 0 aliphatic rings. The number of hydrogen-bond acceptors (Lipinski definition) is 1. The number of nitrogens with one attached hydrogen (secondary N) is 1. The zero-order chi connectivity index (χ0) is 20.3. The Morgan fingerprint density at radius 1 is 1.07 bits per heavy atom. The third-order valence-electron chi connectivity index (χ3n) is 5.39. The monoisotopic (exact) mass is 378 g/mol. The van der Waals surface area contributed by atoms with Gasteiger partial charge in [0.2, 0.25) is 0 Å². The Bertz CT molecular complexity index is 959. The normalized spacial score (nSPS) is 12.0. The molecule has 3 nitrogen and oxygen atoms in total. The van der Waals surface area contributed by atoms with E-state index in [2.05, 4.69) is 16.8 Å². The molecule has 0 bridgehead atoms. The highest BCUT2D eigenvalue weighted by atomic mass is 19.1. The van der Waals surface area contributed by atoms with Crippen LogP contribution in [0.25, 0.3) is 0 Å². The Morgan fingerprint density at radius 3 is 2.32 bits per heavy atom. The number of halogens is 1. The first kappa shape index (κ1) is 19.9. The molecule has 1 heterocycles. The van der Waals surface area contributed by atoms with E-state index in [0.717, 1.165) is 28.8 Å². The fraction of sp³-hybridized carbons (Fsp3) is 0.292. The second-order valence-corrected chi connectivity index (χ2v) is 7.21. The fourth-order valence-corrected chi connectivity index (χ4v) is 3.82. The molecule has 4 heteroatoms. The zero-order valence-corrected chi connectivity index (χ0v) is 16.9. The summed E-state index contributed by atoms with van der Waals surface area (Å²) >= 11 is 0. The van der Waals surface area contributed by atoms with Crippen molar-refractivity contribution in [2.75, 3.05) is 0 Å². The van der Waals surface area contributed by atoms with Crippen LogP contribution >= 0.6 is 0 Å². The van der Waals surface area contributed by atoms with E-state index in [1.54, 1.807) is 12.1 Å². The molecule has 0 fully saturated rings. The summed E-state index contributed by atoms with van der Waals surface area (Å²) in [6.45, 7) is 8.69. The molecule has 0 radical (unpaired) electrons. The zero-order valence-electron chi connectivity index (χ0n) is 16.9. The lowest BCUT2D eigenvalue weighted by atomic mass is 10.1. The van der Waals surface area contributed by atoms with Gasteiger partial charge in [-0.3, -0.25) is 4.79 Å². The molecule has 1 atom stereocenters. The molecular formula is C24H27FN2O. The number of hydrogen-bond donors (Lipinski definition) is 1. The standard InChI is InChI=1S/C24H27FN2O/c1-5-22-16(2)23(24(28)26-17(3)20-9-7-6-8-10-20)27(18(22)4)15-19-11-13-21(25)14-12-19/h6-14,17H,5,15H2,1-4H3,(H,26,28)/t17-/m0/s1. The molecule has 1 amide bonds. The van der Waals surface area contributed by atoms with Crippen LogP contribution in [0.3, 0.4) is 0 Å². The number of carbonyl (C=O) groups excluding carboxylic acids is 1. The molecule has 0 saturated heterocycles. The van der Waals surface area contributed by atoms with E-state index in [0.29, 0.717) is 12.2 Å². The lowest BCUT2D eigenvalue weighted by Gasteiger charge is -2.17. The molecule has 1 aromatic heterocycles. The summed E-state index contributed by atoms with van der Waals surface area (Å²) in [5.74, 6) is -0.341. The highest BCUT2D eigenvalue weighted by Crippen LogP contribution is 2.25. The van der Waals surface area contributed by atoms with Crippen LogP contribution in [0.4, 0.5) is 4.39 Å². The Hall–Kier alpha value is -2.88. The van der Waals surface area contributed by atoms with Gasteiger partial charge in [-0.1, -0.05) is 49.4 Å². The van der Waals surface area contributed by atoms with Crippen LogP contribution in [0, 0.1) is 19.7 Å². The third kappa shape index (κ3) is 4.01. The van der Waals surface area contributed by atoms with Crippen molar-refractivity contribution in [3.63, 3.8) is 0 Å². The topological polar surface area (TPSA) is 34.0 Å². The van der Waals surface area contributed by atoms with Crippen molar-refractivity contribution in [2.24, 2.45) is 0 Å². The van der Waals surface area contributed by atoms with Gasteiger partial charge in [0.05, 0.1) is 6.04 Å². The number of amides is 1. The Morgan fingerprint density at radius 2 is 1.71 bits per heavy atom. The van der Waals surface area contributed by atoms with Crippen molar-refractivity contribution >= 4 is 5.91 Å². The summed E-state index contributed by atoms with van der Waals surface area (Å²) in [6, 6.07) is 16.3. The summed E-state index contributed by atoms with van der Waals surface area (Å²) in [7, 11) is 0. The number of benzene rings is 2. The summed E-state index contributed by atoms with van der Waals surface area (Å²) in [6.07, 6.45) is 0.864. The number of carbonyl (C=O) groups is 1. The first-order chi connectivity index (χ1) is 13.4. The average molecular weight is 378 g/mol. The average Bonchev–Trinajstić information content (AvgIpc) is 2.93. The first-order valence-corrected chi connectivity index (χ1v) is 9.71. The van der Waals surface area contributed by atoms with Crippen LogP contribution in [-0.2, 0) is 13.0 Å². The maximum Gasteiger partial charge on any atom is 0.268 e.